The smallest absolute Gasteiger partial charge is 0.123 e. The monoisotopic (exact) mass is 279 g/mol. The molecule has 0 saturated heterocycles. The molecule has 1 aromatic carbocycles. The van der Waals surface area contributed by atoms with Crippen LogP contribution in [0.2, 0.25) is 0 Å². The van der Waals surface area contributed by atoms with E-state index >= 15 is 0 Å². The first kappa shape index (κ1) is 11.3. The molecule has 1 nitrogen and oxygen atoms in total. The average Bonchev–Trinajstić information content (AvgIpc) is 2.33. The summed E-state index contributed by atoms with van der Waals surface area (Å²) in [5.74, 6) is -0.198. The summed E-state index contributed by atoms with van der Waals surface area (Å²) in [6, 6.07) is 10.5. The lowest BCUT2D eigenvalue weighted by molar-refractivity contribution is 0.627. The zero-order valence-corrected chi connectivity index (χ0v) is 10.2. The second-order valence-electron chi connectivity index (χ2n) is 3.58. The molecular formula is C13H11BrFN. The van der Waals surface area contributed by atoms with Crippen molar-refractivity contribution in [3.63, 3.8) is 0 Å². The normalized spacial score (nSPS) is 12.4. The second-order valence-corrected chi connectivity index (χ2v) is 4.69. The highest BCUT2D eigenvalue weighted by Crippen LogP contribution is 2.26. The average molecular weight is 280 g/mol. The maximum atomic E-state index is 12.7. The predicted octanol–water partition coefficient (Wildman–Crippen LogP) is 3.90. The van der Waals surface area contributed by atoms with Crippen molar-refractivity contribution in [2.45, 2.75) is 11.2 Å². The molecule has 0 N–H and O–H groups in total. The summed E-state index contributed by atoms with van der Waals surface area (Å²) in [5.41, 5.74) is 2.24. The molecular weight excluding hydrogens is 269 g/mol. The first-order valence-corrected chi connectivity index (χ1v) is 5.96. The third-order valence-corrected chi connectivity index (χ3v) is 3.23. The lowest BCUT2D eigenvalue weighted by Gasteiger charge is -2.09. The Kier molecular flexibility index (Phi) is 3.67. The minimum atomic E-state index is -0.198. The SMILES string of the molecule is Fc1ccc(C[C@H](Br)c2cccnc2)cc1. The van der Waals surface area contributed by atoms with Crippen molar-refractivity contribution in [3.8, 4) is 0 Å². The van der Waals surface area contributed by atoms with Crippen LogP contribution < -0.4 is 0 Å². The molecule has 0 aliphatic rings. The Morgan fingerprint density at radius 3 is 2.56 bits per heavy atom. The van der Waals surface area contributed by atoms with Crippen LogP contribution in [0.1, 0.15) is 16.0 Å². The number of aromatic nitrogens is 1. The van der Waals surface area contributed by atoms with Crippen molar-refractivity contribution in [2.24, 2.45) is 0 Å². The predicted molar refractivity (Wildman–Crippen MR) is 66.0 cm³/mol. The molecule has 0 aliphatic carbocycles. The van der Waals surface area contributed by atoms with Gasteiger partial charge in [-0.15, -0.1) is 0 Å². The maximum Gasteiger partial charge on any atom is 0.123 e. The van der Waals surface area contributed by atoms with Gasteiger partial charge in [0.1, 0.15) is 5.82 Å². The van der Waals surface area contributed by atoms with E-state index in [1.54, 1.807) is 18.3 Å². The summed E-state index contributed by atoms with van der Waals surface area (Å²) in [5, 5.41) is 0. The molecule has 0 spiro atoms. The number of alkyl halides is 1. The van der Waals surface area contributed by atoms with Gasteiger partial charge in [-0.25, -0.2) is 4.39 Å². The van der Waals surface area contributed by atoms with E-state index in [9.17, 15) is 4.39 Å². The Bertz CT molecular complexity index is 441. The highest BCUT2D eigenvalue weighted by Gasteiger charge is 2.08. The van der Waals surface area contributed by atoms with Crippen LogP contribution in [-0.4, -0.2) is 4.98 Å². The summed E-state index contributed by atoms with van der Waals surface area (Å²) in [6.45, 7) is 0. The highest BCUT2D eigenvalue weighted by atomic mass is 79.9. The molecule has 1 heterocycles. The van der Waals surface area contributed by atoms with Gasteiger partial charge in [0, 0.05) is 17.2 Å². The minimum Gasteiger partial charge on any atom is -0.264 e. The number of hydrogen-bond donors (Lipinski definition) is 0. The highest BCUT2D eigenvalue weighted by molar-refractivity contribution is 9.09. The van der Waals surface area contributed by atoms with Crippen LogP contribution in [-0.2, 0) is 6.42 Å². The molecule has 0 amide bonds. The van der Waals surface area contributed by atoms with Crippen LogP contribution in [0.15, 0.2) is 48.8 Å². The third-order valence-electron chi connectivity index (χ3n) is 2.37. The zero-order valence-electron chi connectivity index (χ0n) is 8.61. The lowest BCUT2D eigenvalue weighted by Crippen LogP contribution is -1.95. The van der Waals surface area contributed by atoms with E-state index in [-0.39, 0.29) is 10.6 Å². The van der Waals surface area contributed by atoms with Crippen LogP contribution >= 0.6 is 15.9 Å². The molecule has 2 rings (SSSR count). The van der Waals surface area contributed by atoms with Crippen LogP contribution in [0.4, 0.5) is 4.39 Å². The van der Waals surface area contributed by atoms with E-state index < -0.39 is 0 Å². The lowest BCUT2D eigenvalue weighted by atomic mass is 10.1. The molecule has 2 aromatic rings. The number of benzene rings is 1. The van der Waals surface area contributed by atoms with Gasteiger partial charge in [-0.3, -0.25) is 4.98 Å². The molecule has 0 saturated carbocycles. The van der Waals surface area contributed by atoms with Crippen molar-refractivity contribution in [3.05, 3.63) is 65.7 Å². The quantitative estimate of drug-likeness (QED) is 0.777. The van der Waals surface area contributed by atoms with Gasteiger partial charge < -0.3 is 0 Å². The van der Waals surface area contributed by atoms with E-state index in [2.05, 4.69) is 20.9 Å². The second kappa shape index (κ2) is 5.21. The number of halogens is 2. The summed E-state index contributed by atoms with van der Waals surface area (Å²) < 4.78 is 12.7. The van der Waals surface area contributed by atoms with E-state index in [1.807, 2.05) is 18.3 Å². The van der Waals surface area contributed by atoms with Crippen LogP contribution in [0.25, 0.3) is 0 Å². The number of pyridine rings is 1. The van der Waals surface area contributed by atoms with E-state index in [0.29, 0.717) is 0 Å². The van der Waals surface area contributed by atoms with Gasteiger partial charge in [0.25, 0.3) is 0 Å². The number of hydrogen-bond acceptors (Lipinski definition) is 1. The fourth-order valence-corrected chi connectivity index (χ4v) is 2.15. The van der Waals surface area contributed by atoms with E-state index in [0.717, 1.165) is 17.5 Å². The molecule has 16 heavy (non-hydrogen) atoms. The molecule has 1 aromatic heterocycles. The van der Waals surface area contributed by atoms with Crippen molar-refractivity contribution < 1.29 is 4.39 Å². The Morgan fingerprint density at radius 1 is 1.19 bits per heavy atom. The number of nitrogens with zero attached hydrogens (tertiary/aromatic N) is 1. The Labute approximate surface area is 102 Å². The molecule has 0 fully saturated rings. The first-order chi connectivity index (χ1) is 7.75. The van der Waals surface area contributed by atoms with Crippen molar-refractivity contribution in [1.82, 2.24) is 4.98 Å². The minimum absolute atomic E-state index is 0.198. The molecule has 0 aliphatic heterocycles. The summed E-state index contributed by atoms with van der Waals surface area (Å²) in [7, 11) is 0. The zero-order chi connectivity index (χ0) is 11.4. The Balaban J connectivity index is 2.08. The molecule has 82 valence electrons. The van der Waals surface area contributed by atoms with E-state index in [1.165, 1.54) is 12.1 Å². The number of rotatable bonds is 3. The molecule has 0 unspecified atom stereocenters. The van der Waals surface area contributed by atoms with Gasteiger partial charge in [0.15, 0.2) is 0 Å². The van der Waals surface area contributed by atoms with E-state index in [4.69, 9.17) is 0 Å². The van der Waals surface area contributed by atoms with Crippen molar-refractivity contribution >= 4 is 15.9 Å². The van der Waals surface area contributed by atoms with Gasteiger partial charge in [0.2, 0.25) is 0 Å². The van der Waals surface area contributed by atoms with Crippen LogP contribution in [0.3, 0.4) is 0 Å². The fraction of sp³-hybridized carbons (Fsp3) is 0.154. The maximum absolute atomic E-state index is 12.7. The van der Waals surface area contributed by atoms with Crippen LogP contribution in [0, 0.1) is 5.82 Å². The molecule has 0 radical (unpaired) electrons. The Hall–Kier alpha value is -1.22. The summed E-state index contributed by atoms with van der Waals surface area (Å²) in [6.07, 6.45) is 4.41. The molecule has 3 heteroatoms. The van der Waals surface area contributed by atoms with Gasteiger partial charge in [-0.2, -0.15) is 0 Å². The Morgan fingerprint density at radius 2 is 1.94 bits per heavy atom. The topological polar surface area (TPSA) is 12.9 Å². The largest absolute Gasteiger partial charge is 0.264 e. The molecule has 1 atom stereocenters. The first-order valence-electron chi connectivity index (χ1n) is 5.04. The standard InChI is InChI=1S/C13H11BrFN/c14-13(11-2-1-7-16-9-11)8-10-3-5-12(15)6-4-10/h1-7,9,13H,8H2/t13-/m0/s1. The van der Waals surface area contributed by atoms with Gasteiger partial charge in [-0.05, 0) is 35.7 Å². The third kappa shape index (κ3) is 2.89. The van der Waals surface area contributed by atoms with Crippen molar-refractivity contribution in [2.75, 3.05) is 0 Å². The van der Waals surface area contributed by atoms with Crippen LogP contribution in [0.5, 0.6) is 0 Å². The van der Waals surface area contributed by atoms with Gasteiger partial charge in [-0.1, -0.05) is 34.1 Å². The molecule has 0 bridgehead atoms. The van der Waals surface area contributed by atoms with Gasteiger partial charge >= 0.3 is 0 Å². The summed E-state index contributed by atoms with van der Waals surface area (Å²) >= 11 is 3.61. The van der Waals surface area contributed by atoms with Crippen molar-refractivity contribution in [1.29, 1.82) is 0 Å². The summed E-state index contributed by atoms with van der Waals surface area (Å²) in [4.78, 5) is 4.29. The van der Waals surface area contributed by atoms with Gasteiger partial charge in [0.05, 0.1) is 0 Å². The fourth-order valence-electron chi connectivity index (χ4n) is 1.51.